The van der Waals surface area contributed by atoms with Gasteiger partial charge >= 0.3 is 6.18 Å². The molecule has 0 aromatic carbocycles. The number of hydrogen-bond donors (Lipinski definition) is 3. The van der Waals surface area contributed by atoms with E-state index in [1.165, 1.54) is 6.20 Å². The molecule has 0 amide bonds. The molecule has 11 heteroatoms. The van der Waals surface area contributed by atoms with Crippen molar-refractivity contribution in [1.29, 1.82) is 0 Å². The first-order valence-corrected chi connectivity index (χ1v) is 9.91. The summed E-state index contributed by atoms with van der Waals surface area (Å²) in [6.07, 6.45) is 1.63. The smallest absolute Gasteiger partial charge is 0.358 e. The fourth-order valence-electron chi connectivity index (χ4n) is 3.54. The number of piperidine rings is 1. The SMILES string of the molecule is FC(F)(F)c1cnc(NC2CCCNC2)nc1-c1c[nH]c(-c2noc(C3CC3)n2)c1. The minimum Gasteiger partial charge on any atom is -0.358 e. The average Bonchev–Trinajstić information content (AvgIpc) is 3.25. The van der Waals surface area contributed by atoms with Crippen LogP contribution in [0.3, 0.4) is 0 Å². The van der Waals surface area contributed by atoms with Crippen LogP contribution in [0.5, 0.6) is 0 Å². The zero-order chi connectivity index (χ0) is 20.7. The summed E-state index contributed by atoms with van der Waals surface area (Å²) in [4.78, 5) is 15.4. The molecule has 30 heavy (non-hydrogen) atoms. The molecule has 3 aromatic heterocycles. The van der Waals surface area contributed by atoms with Gasteiger partial charge in [0.15, 0.2) is 0 Å². The Kier molecular flexibility index (Phi) is 4.69. The first kappa shape index (κ1) is 19.0. The van der Waals surface area contributed by atoms with Crippen LogP contribution in [0.4, 0.5) is 19.1 Å². The molecule has 1 saturated heterocycles. The van der Waals surface area contributed by atoms with Gasteiger partial charge < -0.3 is 20.1 Å². The molecule has 3 aromatic rings. The van der Waals surface area contributed by atoms with Crippen LogP contribution in [0.25, 0.3) is 22.8 Å². The van der Waals surface area contributed by atoms with E-state index in [1.807, 2.05) is 0 Å². The van der Waals surface area contributed by atoms with Crippen molar-refractivity contribution in [3.05, 3.63) is 29.9 Å². The number of nitrogens with one attached hydrogen (secondary N) is 3. The van der Waals surface area contributed by atoms with E-state index in [9.17, 15) is 13.2 Å². The van der Waals surface area contributed by atoms with E-state index in [0.717, 1.165) is 45.0 Å². The van der Waals surface area contributed by atoms with Crippen molar-refractivity contribution in [2.24, 2.45) is 0 Å². The van der Waals surface area contributed by atoms with Crippen LogP contribution in [-0.4, -0.2) is 44.2 Å². The number of rotatable bonds is 5. The fraction of sp³-hybridized carbons (Fsp3) is 0.474. The second-order valence-electron chi connectivity index (χ2n) is 7.67. The zero-order valence-corrected chi connectivity index (χ0v) is 16.0. The molecule has 1 saturated carbocycles. The molecule has 3 N–H and O–H groups in total. The minimum atomic E-state index is -4.58. The molecule has 0 bridgehead atoms. The molecular weight excluding hydrogens is 399 g/mol. The maximum atomic E-state index is 13.6. The van der Waals surface area contributed by atoms with Gasteiger partial charge in [-0.05, 0) is 38.3 Å². The molecular formula is C19H20F3N7O. The number of aromatic amines is 1. The lowest BCUT2D eigenvalue weighted by atomic mass is 10.1. The van der Waals surface area contributed by atoms with E-state index in [1.54, 1.807) is 6.07 Å². The summed E-state index contributed by atoms with van der Waals surface area (Å²) < 4.78 is 46.0. The summed E-state index contributed by atoms with van der Waals surface area (Å²) in [6.45, 7) is 1.65. The van der Waals surface area contributed by atoms with E-state index in [-0.39, 0.29) is 23.2 Å². The van der Waals surface area contributed by atoms with Crippen molar-refractivity contribution >= 4 is 5.95 Å². The number of halogens is 3. The van der Waals surface area contributed by atoms with Crippen molar-refractivity contribution in [3.63, 3.8) is 0 Å². The second-order valence-corrected chi connectivity index (χ2v) is 7.67. The van der Waals surface area contributed by atoms with E-state index in [0.29, 0.717) is 23.3 Å². The predicted molar refractivity (Wildman–Crippen MR) is 102 cm³/mol. The topological polar surface area (TPSA) is 105 Å². The van der Waals surface area contributed by atoms with Gasteiger partial charge in [0.25, 0.3) is 0 Å². The van der Waals surface area contributed by atoms with Crippen molar-refractivity contribution < 1.29 is 17.7 Å². The Bertz CT molecular complexity index is 1030. The monoisotopic (exact) mass is 419 g/mol. The summed E-state index contributed by atoms with van der Waals surface area (Å²) in [5, 5.41) is 10.3. The number of aromatic nitrogens is 5. The third-order valence-corrected chi connectivity index (χ3v) is 5.29. The molecule has 4 heterocycles. The van der Waals surface area contributed by atoms with Gasteiger partial charge in [-0.15, -0.1) is 0 Å². The van der Waals surface area contributed by atoms with Gasteiger partial charge in [-0.2, -0.15) is 18.2 Å². The van der Waals surface area contributed by atoms with Crippen molar-refractivity contribution in [2.45, 2.75) is 43.8 Å². The van der Waals surface area contributed by atoms with Gasteiger partial charge in [0.05, 0.1) is 11.4 Å². The molecule has 2 fully saturated rings. The third-order valence-electron chi connectivity index (χ3n) is 5.29. The van der Waals surface area contributed by atoms with Crippen LogP contribution in [0, 0.1) is 0 Å². The normalized spacial score (nSPS) is 19.8. The number of alkyl halides is 3. The highest BCUT2D eigenvalue weighted by Crippen LogP contribution is 2.40. The largest absolute Gasteiger partial charge is 0.419 e. The highest BCUT2D eigenvalue weighted by atomic mass is 19.4. The fourth-order valence-corrected chi connectivity index (χ4v) is 3.54. The van der Waals surface area contributed by atoms with Gasteiger partial charge in [-0.1, -0.05) is 5.16 Å². The number of nitrogens with zero attached hydrogens (tertiary/aromatic N) is 4. The molecule has 1 aliphatic carbocycles. The highest BCUT2D eigenvalue weighted by Gasteiger charge is 2.36. The first-order chi connectivity index (χ1) is 14.5. The van der Waals surface area contributed by atoms with Gasteiger partial charge in [0.2, 0.25) is 17.7 Å². The van der Waals surface area contributed by atoms with Crippen LogP contribution in [0.15, 0.2) is 23.0 Å². The van der Waals surface area contributed by atoms with Crippen LogP contribution >= 0.6 is 0 Å². The van der Waals surface area contributed by atoms with Crippen LogP contribution in [-0.2, 0) is 6.18 Å². The molecule has 8 nitrogen and oxygen atoms in total. The van der Waals surface area contributed by atoms with E-state index >= 15 is 0 Å². The van der Waals surface area contributed by atoms with Crippen molar-refractivity contribution in [1.82, 2.24) is 30.4 Å². The summed E-state index contributed by atoms with van der Waals surface area (Å²) in [7, 11) is 0. The molecule has 158 valence electrons. The molecule has 0 radical (unpaired) electrons. The predicted octanol–water partition coefficient (Wildman–Crippen LogP) is 3.58. The standard InChI is InChI=1S/C19H20F3N7O/c20-19(21,22)13-9-25-18(26-12-2-1-5-23-8-12)27-15(13)11-6-14(24-7-11)16-28-17(30-29-16)10-3-4-10/h6-7,9-10,12,23-24H,1-5,8H2,(H,25,26,27). The van der Waals surface area contributed by atoms with Gasteiger partial charge in [-0.3, -0.25) is 0 Å². The number of anilines is 1. The summed E-state index contributed by atoms with van der Waals surface area (Å²) in [5.74, 6) is 1.34. The summed E-state index contributed by atoms with van der Waals surface area (Å²) in [5.41, 5.74) is -0.343. The van der Waals surface area contributed by atoms with E-state index < -0.39 is 11.7 Å². The Hall–Kier alpha value is -2.95. The Morgan fingerprint density at radius 1 is 1.17 bits per heavy atom. The van der Waals surface area contributed by atoms with E-state index in [2.05, 4.69) is 35.7 Å². The van der Waals surface area contributed by atoms with Crippen LogP contribution in [0.2, 0.25) is 0 Å². The van der Waals surface area contributed by atoms with Gasteiger partial charge in [0, 0.05) is 36.5 Å². The molecule has 2 aliphatic rings. The lowest BCUT2D eigenvalue weighted by molar-refractivity contribution is -0.137. The summed E-state index contributed by atoms with van der Waals surface area (Å²) >= 11 is 0. The molecule has 1 aliphatic heterocycles. The average molecular weight is 419 g/mol. The number of hydrogen-bond acceptors (Lipinski definition) is 7. The van der Waals surface area contributed by atoms with Crippen molar-refractivity contribution in [2.75, 3.05) is 18.4 Å². The van der Waals surface area contributed by atoms with Gasteiger partial charge in [0.1, 0.15) is 5.56 Å². The second kappa shape index (κ2) is 7.38. The molecule has 1 unspecified atom stereocenters. The highest BCUT2D eigenvalue weighted by molar-refractivity contribution is 5.69. The quantitative estimate of drug-likeness (QED) is 0.581. The van der Waals surface area contributed by atoms with E-state index in [4.69, 9.17) is 4.52 Å². The zero-order valence-electron chi connectivity index (χ0n) is 16.0. The summed E-state index contributed by atoms with van der Waals surface area (Å²) in [6, 6.07) is 1.62. The van der Waals surface area contributed by atoms with Crippen LogP contribution < -0.4 is 10.6 Å². The Morgan fingerprint density at radius 2 is 2.03 bits per heavy atom. The maximum Gasteiger partial charge on any atom is 0.419 e. The Balaban J connectivity index is 1.46. The lowest BCUT2D eigenvalue weighted by Crippen LogP contribution is -2.38. The Labute approximate surface area is 169 Å². The molecule has 1 atom stereocenters. The third kappa shape index (κ3) is 3.89. The maximum absolute atomic E-state index is 13.6. The molecule has 0 spiro atoms. The van der Waals surface area contributed by atoms with Gasteiger partial charge in [-0.25, -0.2) is 9.97 Å². The number of H-pyrrole nitrogens is 1. The minimum absolute atomic E-state index is 0.0743. The first-order valence-electron chi connectivity index (χ1n) is 9.91. The Morgan fingerprint density at radius 3 is 2.77 bits per heavy atom. The lowest BCUT2D eigenvalue weighted by Gasteiger charge is -2.24. The molecule has 5 rings (SSSR count). The van der Waals surface area contributed by atoms with Crippen LogP contribution in [0.1, 0.15) is 43.1 Å². The van der Waals surface area contributed by atoms with Crippen molar-refractivity contribution in [3.8, 4) is 22.8 Å².